The first kappa shape index (κ1) is 19.0. The van der Waals surface area contributed by atoms with Gasteiger partial charge < -0.3 is 9.30 Å². The second-order valence-corrected chi connectivity index (χ2v) is 7.64. The maximum absolute atomic E-state index is 12.7. The van der Waals surface area contributed by atoms with Crippen molar-refractivity contribution in [1.29, 1.82) is 0 Å². The lowest BCUT2D eigenvalue weighted by Gasteiger charge is -2.10. The minimum absolute atomic E-state index is 0.0913. The van der Waals surface area contributed by atoms with Crippen molar-refractivity contribution in [1.82, 2.24) is 4.57 Å². The van der Waals surface area contributed by atoms with Crippen LogP contribution in [0.2, 0.25) is 10.0 Å². The van der Waals surface area contributed by atoms with E-state index in [2.05, 4.69) is 20.5 Å². The fourth-order valence-electron chi connectivity index (χ4n) is 2.85. The second-order valence-electron chi connectivity index (χ2n) is 5.88. The molecule has 6 heteroatoms. The summed E-state index contributed by atoms with van der Waals surface area (Å²) in [6.07, 6.45) is 0. The van der Waals surface area contributed by atoms with E-state index in [-0.39, 0.29) is 12.4 Å². The maximum atomic E-state index is 12.7. The second kappa shape index (κ2) is 7.87. The fraction of sp³-hybridized carbons (Fsp3) is 0.150. The molecule has 0 radical (unpaired) electrons. The van der Waals surface area contributed by atoms with E-state index in [0.29, 0.717) is 21.4 Å². The van der Waals surface area contributed by atoms with Gasteiger partial charge >= 0.3 is 0 Å². The molecule has 0 unspecified atom stereocenters. The van der Waals surface area contributed by atoms with Crippen LogP contribution >= 0.6 is 39.1 Å². The van der Waals surface area contributed by atoms with Crippen molar-refractivity contribution in [3.63, 3.8) is 0 Å². The third-order valence-corrected chi connectivity index (χ3v) is 5.13. The Morgan fingerprint density at radius 3 is 2.42 bits per heavy atom. The van der Waals surface area contributed by atoms with Gasteiger partial charge in [0, 0.05) is 32.1 Å². The summed E-state index contributed by atoms with van der Waals surface area (Å²) >= 11 is 15.4. The minimum Gasteiger partial charge on any atom is -0.484 e. The molecule has 0 atom stereocenters. The molecule has 0 saturated carbocycles. The molecule has 2 aromatic carbocycles. The molecule has 0 N–H and O–H groups in total. The van der Waals surface area contributed by atoms with Crippen LogP contribution in [0.15, 0.2) is 53.0 Å². The summed E-state index contributed by atoms with van der Waals surface area (Å²) in [4.78, 5) is 12.7. The van der Waals surface area contributed by atoms with Gasteiger partial charge in [0.25, 0.3) is 0 Å². The largest absolute Gasteiger partial charge is 0.484 e. The molecular formula is C20H16BrCl2NO2. The summed E-state index contributed by atoms with van der Waals surface area (Å²) < 4.78 is 8.64. The molecule has 0 aliphatic rings. The topological polar surface area (TPSA) is 31.2 Å². The highest BCUT2D eigenvalue weighted by Gasteiger charge is 2.17. The van der Waals surface area contributed by atoms with Crippen LogP contribution < -0.4 is 4.74 Å². The highest BCUT2D eigenvalue weighted by atomic mass is 79.9. The van der Waals surface area contributed by atoms with Gasteiger partial charge in [-0.05, 0) is 62.4 Å². The SMILES string of the molecule is Cc1cc(C(=O)COc2ccc(Cl)cc2Cl)c(C)n1-c1ccc(Br)cc1. The highest BCUT2D eigenvalue weighted by molar-refractivity contribution is 9.10. The van der Waals surface area contributed by atoms with Crippen LogP contribution in [-0.4, -0.2) is 17.0 Å². The van der Waals surface area contributed by atoms with Crippen molar-refractivity contribution in [2.75, 3.05) is 6.61 Å². The number of hydrogen-bond donors (Lipinski definition) is 0. The van der Waals surface area contributed by atoms with E-state index in [1.807, 2.05) is 44.2 Å². The Balaban J connectivity index is 1.82. The summed E-state index contributed by atoms with van der Waals surface area (Å²) in [5.74, 6) is 0.332. The Hall–Kier alpha value is -1.75. The molecule has 3 rings (SSSR count). The van der Waals surface area contributed by atoms with Crippen LogP contribution in [-0.2, 0) is 0 Å². The van der Waals surface area contributed by atoms with Gasteiger partial charge in [-0.25, -0.2) is 0 Å². The molecule has 3 nitrogen and oxygen atoms in total. The summed E-state index contributed by atoms with van der Waals surface area (Å²) in [6, 6.07) is 14.7. The molecular weight excluding hydrogens is 437 g/mol. The van der Waals surface area contributed by atoms with Crippen LogP contribution in [0.5, 0.6) is 5.75 Å². The normalized spacial score (nSPS) is 10.8. The molecule has 3 aromatic rings. The van der Waals surface area contributed by atoms with Crippen LogP contribution in [0.3, 0.4) is 0 Å². The molecule has 0 aliphatic heterocycles. The zero-order valence-corrected chi connectivity index (χ0v) is 17.3. The van der Waals surface area contributed by atoms with Crippen LogP contribution in [0.4, 0.5) is 0 Å². The Kier molecular flexibility index (Phi) is 5.76. The van der Waals surface area contributed by atoms with Crippen LogP contribution in [0, 0.1) is 13.8 Å². The predicted octanol–water partition coefficient (Wildman–Crippen LogP) is 6.43. The van der Waals surface area contributed by atoms with Gasteiger partial charge in [-0.3, -0.25) is 4.79 Å². The lowest BCUT2D eigenvalue weighted by molar-refractivity contribution is 0.0921. The molecule has 0 aliphatic carbocycles. The number of Topliss-reactive ketones (excluding diaryl/α,β-unsaturated/α-hetero) is 1. The standard InChI is InChI=1S/C20H16BrCl2NO2/c1-12-9-17(13(2)24(12)16-6-3-14(21)4-7-16)19(25)11-26-20-8-5-15(22)10-18(20)23/h3-10H,11H2,1-2H3. The van der Waals surface area contributed by atoms with E-state index >= 15 is 0 Å². The number of rotatable bonds is 5. The van der Waals surface area contributed by atoms with Gasteiger partial charge in [0.1, 0.15) is 5.75 Å². The molecule has 0 bridgehead atoms. The number of aryl methyl sites for hydroxylation is 1. The Bertz CT molecular complexity index is 965. The highest BCUT2D eigenvalue weighted by Crippen LogP contribution is 2.28. The molecule has 0 fully saturated rings. The number of ether oxygens (including phenoxy) is 1. The number of benzene rings is 2. The van der Waals surface area contributed by atoms with Crippen molar-refractivity contribution in [2.45, 2.75) is 13.8 Å². The number of ketones is 1. The average molecular weight is 453 g/mol. The van der Waals surface area contributed by atoms with Crippen LogP contribution in [0.1, 0.15) is 21.7 Å². The lowest BCUT2D eigenvalue weighted by atomic mass is 10.1. The zero-order chi connectivity index (χ0) is 18.8. The van der Waals surface area contributed by atoms with Crippen LogP contribution in [0.25, 0.3) is 5.69 Å². The Morgan fingerprint density at radius 1 is 1.08 bits per heavy atom. The van der Waals surface area contributed by atoms with Gasteiger partial charge in [-0.15, -0.1) is 0 Å². The minimum atomic E-state index is -0.104. The smallest absolute Gasteiger partial charge is 0.202 e. The van der Waals surface area contributed by atoms with Crippen molar-refractivity contribution in [3.05, 3.63) is 80.0 Å². The van der Waals surface area contributed by atoms with E-state index in [1.54, 1.807) is 18.2 Å². The molecule has 26 heavy (non-hydrogen) atoms. The van der Waals surface area contributed by atoms with Crippen molar-refractivity contribution in [3.8, 4) is 11.4 Å². The van der Waals surface area contributed by atoms with E-state index in [0.717, 1.165) is 21.5 Å². The number of hydrogen-bond acceptors (Lipinski definition) is 2. The average Bonchev–Trinajstić information content (AvgIpc) is 2.89. The monoisotopic (exact) mass is 451 g/mol. The van der Waals surface area contributed by atoms with Crippen molar-refractivity contribution < 1.29 is 9.53 Å². The number of carbonyl (C=O) groups is 1. The van der Waals surface area contributed by atoms with Gasteiger partial charge in [0.05, 0.1) is 5.02 Å². The number of aromatic nitrogens is 1. The summed E-state index contributed by atoms with van der Waals surface area (Å²) in [7, 11) is 0. The molecule has 0 saturated heterocycles. The summed E-state index contributed by atoms with van der Waals surface area (Å²) in [5, 5.41) is 0.900. The molecule has 0 amide bonds. The van der Waals surface area contributed by atoms with Gasteiger partial charge in [0.15, 0.2) is 6.61 Å². The molecule has 0 spiro atoms. The Labute approximate surface area is 170 Å². The first-order valence-electron chi connectivity index (χ1n) is 7.92. The predicted molar refractivity (Wildman–Crippen MR) is 109 cm³/mol. The zero-order valence-electron chi connectivity index (χ0n) is 14.2. The maximum Gasteiger partial charge on any atom is 0.202 e. The first-order valence-corrected chi connectivity index (χ1v) is 9.47. The number of halogens is 3. The lowest BCUT2D eigenvalue weighted by Crippen LogP contribution is -2.13. The van der Waals surface area contributed by atoms with Crippen molar-refractivity contribution >= 4 is 44.9 Å². The van der Waals surface area contributed by atoms with E-state index in [1.165, 1.54) is 0 Å². The number of nitrogens with zero attached hydrogens (tertiary/aromatic N) is 1. The fourth-order valence-corrected chi connectivity index (χ4v) is 3.57. The Morgan fingerprint density at radius 2 is 1.77 bits per heavy atom. The number of carbonyl (C=O) groups excluding carboxylic acids is 1. The summed E-state index contributed by atoms with van der Waals surface area (Å²) in [6.45, 7) is 3.81. The molecule has 1 aromatic heterocycles. The quantitative estimate of drug-likeness (QED) is 0.418. The van der Waals surface area contributed by atoms with E-state index < -0.39 is 0 Å². The molecule has 1 heterocycles. The van der Waals surface area contributed by atoms with E-state index in [9.17, 15) is 4.79 Å². The third kappa shape index (κ3) is 3.98. The third-order valence-electron chi connectivity index (χ3n) is 4.07. The van der Waals surface area contributed by atoms with Gasteiger partial charge in [0.2, 0.25) is 5.78 Å². The first-order chi connectivity index (χ1) is 12.4. The van der Waals surface area contributed by atoms with E-state index in [4.69, 9.17) is 27.9 Å². The molecule has 134 valence electrons. The summed E-state index contributed by atoms with van der Waals surface area (Å²) in [5.41, 5.74) is 3.50. The van der Waals surface area contributed by atoms with Gasteiger partial charge in [-0.1, -0.05) is 39.1 Å². The van der Waals surface area contributed by atoms with Gasteiger partial charge in [-0.2, -0.15) is 0 Å². The van der Waals surface area contributed by atoms with Crippen molar-refractivity contribution in [2.24, 2.45) is 0 Å².